The number of rotatable bonds is 3. The van der Waals surface area contributed by atoms with Gasteiger partial charge in [0.05, 0.1) is 23.1 Å². The second kappa shape index (κ2) is 6.60. The zero-order valence-corrected chi connectivity index (χ0v) is 13.7. The predicted molar refractivity (Wildman–Crippen MR) is 90.3 cm³/mol. The van der Waals surface area contributed by atoms with E-state index in [-0.39, 0.29) is 10.8 Å². The molecule has 1 heterocycles. The number of urea groups is 1. The number of methoxy groups -OCH3 is 1. The maximum absolute atomic E-state index is 13.0. The smallest absolute Gasteiger partial charge is 0.418 e. The van der Waals surface area contributed by atoms with E-state index in [1.807, 2.05) is 0 Å². The molecule has 1 aromatic heterocycles. The van der Waals surface area contributed by atoms with Crippen molar-refractivity contribution in [1.29, 1.82) is 0 Å². The highest BCUT2D eigenvalue weighted by molar-refractivity contribution is 7.22. The molecule has 0 radical (unpaired) electrons. The molecule has 0 aliphatic heterocycles. The Kier molecular flexibility index (Phi) is 4.49. The molecular formula is C16H12F3N3O2S. The largest absolute Gasteiger partial charge is 0.494 e. The number of benzene rings is 2. The molecule has 0 saturated heterocycles. The summed E-state index contributed by atoms with van der Waals surface area (Å²) in [5.41, 5.74) is -0.677. The molecule has 3 aromatic rings. The van der Waals surface area contributed by atoms with Gasteiger partial charge in [-0.2, -0.15) is 13.2 Å². The first-order valence-electron chi connectivity index (χ1n) is 7.06. The first-order valence-corrected chi connectivity index (χ1v) is 7.88. The summed E-state index contributed by atoms with van der Waals surface area (Å²) in [5, 5.41) is 4.90. The topological polar surface area (TPSA) is 63.2 Å². The van der Waals surface area contributed by atoms with Crippen LogP contribution in [0.1, 0.15) is 5.56 Å². The van der Waals surface area contributed by atoms with E-state index in [1.54, 1.807) is 18.2 Å². The number of carbonyl (C=O) groups excluding carboxylic acids is 1. The summed E-state index contributed by atoms with van der Waals surface area (Å²) < 4.78 is 44.8. The van der Waals surface area contributed by atoms with Crippen molar-refractivity contribution in [1.82, 2.24) is 4.98 Å². The minimum Gasteiger partial charge on any atom is -0.494 e. The number of fused-ring (bicyclic) bond motifs is 1. The lowest BCUT2D eigenvalue weighted by molar-refractivity contribution is -0.136. The van der Waals surface area contributed by atoms with Gasteiger partial charge in [-0.05, 0) is 24.3 Å². The summed E-state index contributed by atoms with van der Waals surface area (Å²) in [5.74, 6) is 0.546. The third-order valence-corrected chi connectivity index (χ3v) is 4.24. The van der Waals surface area contributed by atoms with Crippen molar-refractivity contribution in [2.24, 2.45) is 0 Å². The number of hydrogen-bond donors (Lipinski definition) is 2. The van der Waals surface area contributed by atoms with E-state index in [4.69, 9.17) is 4.74 Å². The molecule has 0 fully saturated rings. The third kappa shape index (κ3) is 3.66. The fraction of sp³-hybridized carbons (Fsp3) is 0.125. The number of para-hydroxylation sites is 2. The molecule has 2 N–H and O–H groups in total. The lowest BCUT2D eigenvalue weighted by Crippen LogP contribution is -2.21. The second-order valence-electron chi connectivity index (χ2n) is 4.95. The van der Waals surface area contributed by atoms with Gasteiger partial charge in [-0.25, -0.2) is 9.78 Å². The number of thiazole rings is 1. The summed E-state index contributed by atoms with van der Waals surface area (Å²) in [4.78, 5) is 16.3. The Morgan fingerprint density at radius 1 is 1.12 bits per heavy atom. The van der Waals surface area contributed by atoms with Gasteiger partial charge in [0.25, 0.3) is 0 Å². The Bertz CT molecular complexity index is 924. The number of aromatic nitrogens is 1. The van der Waals surface area contributed by atoms with Gasteiger partial charge >= 0.3 is 12.2 Å². The predicted octanol–water partition coefficient (Wildman–Crippen LogP) is 4.97. The molecule has 0 atom stereocenters. The fourth-order valence-electron chi connectivity index (χ4n) is 2.23. The van der Waals surface area contributed by atoms with E-state index in [9.17, 15) is 18.0 Å². The van der Waals surface area contributed by atoms with E-state index in [2.05, 4.69) is 15.6 Å². The van der Waals surface area contributed by atoms with Crippen molar-refractivity contribution in [2.45, 2.75) is 6.18 Å². The number of nitrogens with zero attached hydrogens (tertiary/aromatic N) is 1. The highest BCUT2D eigenvalue weighted by Gasteiger charge is 2.33. The third-order valence-electron chi connectivity index (χ3n) is 3.30. The summed E-state index contributed by atoms with van der Waals surface area (Å²) in [6.45, 7) is 0. The van der Waals surface area contributed by atoms with Crippen molar-refractivity contribution in [2.75, 3.05) is 17.7 Å². The minimum atomic E-state index is -4.56. The van der Waals surface area contributed by atoms with Gasteiger partial charge in [0.15, 0.2) is 5.13 Å². The van der Waals surface area contributed by atoms with Gasteiger partial charge in [-0.3, -0.25) is 5.32 Å². The minimum absolute atomic E-state index is 0.251. The summed E-state index contributed by atoms with van der Waals surface area (Å²) >= 11 is 1.19. The highest BCUT2D eigenvalue weighted by Crippen LogP contribution is 2.35. The van der Waals surface area contributed by atoms with Crippen LogP contribution in [0.25, 0.3) is 10.2 Å². The van der Waals surface area contributed by atoms with E-state index in [0.29, 0.717) is 11.3 Å². The van der Waals surface area contributed by atoms with Crippen LogP contribution in [0, 0.1) is 0 Å². The summed E-state index contributed by atoms with van der Waals surface area (Å²) in [6.07, 6.45) is -4.56. The number of hydrogen-bond acceptors (Lipinski definition) is 4. The zero-order valence-electron chi connectivity index (χ0n) is 12.8. The molecular weight excluding hydrogens is 355 g/mol. The lowest BCUT2D eigenvalue weighted by atomic mass is 10.1. The van der Waals surface area contributed by atoms with Crippen molar-refractivity contribution in [3.05, 3.63) is 48.0 Å². The normalized spacial score (nSPS) is 11.4. The second-order valence-corrected chi connectivity index (χ2v) is 5.98. The van der Waals surface area contributed by atoms with Gasteiger partial charge in [-0.15, -0.1) is 0 Å². The van der Waals surface area contributed by atoms with Crippen molar-refractivity contribution >= 4 is 38.4 Å². The number of amides is 2. The summed E-state index contributed by atoms with van der Waals surface area (Å²) in [7, 11) is 1.50. The molecule has 3 rings (SSSR count). The molecule has 0 saturated carbocycles. The molecule has 0 bridgehead atoms. The van der Waals surface area contributed by atoms with Crippen LogP contribution in [0.3, 0.4) is 0 Å². The summed E-state index contributed by atoms with van der Waals surface area (Å²) in [6, 6.07) is 9.25. The standard InChI is InChI=1S/C16H12F3N3O2S/c1-24-11-7-4-8-12-13(11)21-15(25-12)22-14(23)20-10-6-3-2-5-9(10)16(17,18)19/h2-8H,1H3,(H2,20,21,22,23). The van der Waals surface area contributed by atoms with Crippen LogP contribution >= 0.6 is 11.3 Å². The molecule has 0 unspecified atom stereocenters. The van der Waals surface area contributed by atoms with Crippen LogP contribution in [0.2, 0.25) is 0 Å². The number of alkyl halides is 3. The highest BCUT2D eigenvalue weighted by atomic mass is 32.1. The number of carbonyl (C=O) groups is 1. The first-order chi connectivity index (χ1) is 11.9. The molecule has 9 heteroatoms. The van der Waals surface area contributed by atoms with Gasteiger partial charge in [0.2, 0.25) is 0 Å². The van der Waals surface area contributed by atoms with E-state index >= 15 is 0 Å². The molecule has 0 aliphatic rings. The zero-order chi connectivity index (χ0) is 18.0. The van der Waals surface area contributed by atoms with Crippen LogP contribution in [-0.2, 0) is 6.18 Å². The average molecular weight is 367 g/mol. The van der Waals surface area contributed by atoms with Crippen molar-refractivity contribution in [3.63, 3.8) is 0 Å². The number of halogens is 3. The quantitative estimate of drug-likeness (QED) is 0.687. The molecule has 130 valence electrons. The van der Waals surface area contributed by atoms with E-state index in [1.165, 1.54) is 36.6 Å². The van der Waals surface area contributed by atoms with Crippen molar-refractivity contribution in [3.8, 4) is 5.75 Å². The van der Waals surface area contributed by atoms with Crippen LogP contribution in [0.4, 0.5) is 28.8 Å². The maximum atomic E-state index is 13.0. The van der Waals surface area contributed by atoms with Gasteiger partial charge in [0.1, 0.15) is 11.3 Å². The average Bonchev–Trinajstić information content (AvgIpc) is 2.96. The molecule has 25 heavy (non-hydrogen) atoms. The number of nitrogens with one attached hydrogen (secondary N) is 2. The van der Waals surface area contributed by atoms with Crippen molar-refractivity contribution < 1.29 is 22.7 Å². The monoisotopic (exact) mass is 367 g/mol. The van der Waals surface area contributed by atoms with Crippen LogP contribution in [0.5, 0.6) is 5.75 Å². The Morgan fingerprint density at radius 3 is 2.60 bits per heavy atom. The van der Waals surface area contributed by atoms with E-state index < -0.39 is 17.8 Å². The van der Waals surface area contributed by atoms with Crippen LogP contribution < -0.4 is 15.4 Å². The van der Waals surface area contributed by atoms with Crippen LogP contribution in [-0.4, -0.2) is 18.1 Å². The Labute approximate surface area is 144 Å². The fourth-order valence-corrected chi connectivity index (χ4v) is 3.11. The molecule has 0 spiro atoms. The Morgan fingerprint density at radius 2 is 1.88 bits per heavy atom. The molecule has 0 aliphatic carbocycles. The SMILES string of the molecule is COc1cccc2sc(NC(=O)Nc3ccccc3C(F)(F)F)nc12. The van der Waals surface area contributed by atoms with Gasteiger partial charge in [0, 0.05) is 0 Å². The molecule has 5 nitrogen and oxygen atoms in total. The first kappa shape index (κ1) is 17.0. The van der Waals surface area contributed by atoms with Crippen LogP contribution in [0.15, 0.2) is 42.5 Å². The maximum Gasteiger partial charge on any atom is 0.418 e. The molecule has 2 aromatic carbocycles. The van der Waals surface area contributed by atoms with Gasteiger partial charge < -0.3 is 10.1 Å². The lowest BCUT2D eigenvalue weighted by Gasteiger charge is -2.13. The van der Waals surface area contributed by atoms with Gasteiger partial charge in [-0.1, -0.05) is 29.5 Å². The Hall–Kier alpha value is -2.81. The number of ether oxygens (including phenoxy) is 1. The molecule has 2 amide bonds. The van der Waals surface area contributed by atoms with E-state index in [0.717, 1.165) is 10.8 Å². The Balaban J connectivity index is 1.80. The number of anilines is 2.